The Morgan fingerprint density at radius 2 is 1.79 bits per heavy atom. The molecule has 1 atom stereocenters. The van der Waals surface area contributed by atoms with Crippen molar-refractivity contribution in [2.45, 2.75) is 19.6 Å². The molecule has 4 N–H and O–H groups in total. The highest BCUT2D eigenvalue weighted by Gasteiger charge is 2.41. The normalized spacial score (nSPS) is 12.5. The Morgan fingerprint density at radius 1 is 1.21 bits per heavy atom. The van der Waals surface area contributed by atoms with E-state index in [0.717, 1.165) is 0 Å². The number of carbonyl (C=O) groups excluding carboxylic acids is 2. The van der Waals surface area contributed by atoms with Gasteiger partial charge in [-0.1, -0.05) is 23.2 Å². The summed E-state index contributed by atoms with van der Waals surface area (Å²) in [5.74, 6) is -2.69. The topological polar surface area (TPSA) is 120 Å². The van der Waals surface area contributed by atoms with Gasteiger partial charge in [-0.3, -0.25) is 9.36 Å². The second-order valence-electron chi connectivity index (χ2n) is 4.41. The molecule has 8 nitrogen and oxygen atoms in total. The number of amides is 3. The largest absolute Gasteiger partial charge is 0.367 e. The molecule has 1 rings (SSSR count). The van der Waals surface area contributed by atoms with Crippen LogP contribution in [0.1, 0.15) is 13.8 Å². The van der Waals surface area contributed by atoms with Gasteiger partial charge in [0.25, 0.3) is 5.91 Å². The maximum atomic E-state index is 12.6. The molecule has 0 heterocycles. The molecule has 0 fully saturated rings. The third-order valence-corrected chi connectivity index (χ3v) is 5.64. The Bertz CT molecular complexity index is 648. The van der Waals surface area contributed by atoms with E-state index in [9.17, 15) is 14.2 Å². The zero-order chi connectivity index (χ0) is 18.3. The standard InChI is InChI=1S/C13H18Cl2N3O5P/c1-3-22-24(21,23-4-2)12(11(16)19)18-13(20)17-8-5-6-9(14)10(15)7-8/h5-7,12H,3-4H2,1-2H3,(H2,16,19)(H2,17,18,20)/t12-/m0/s1. The minimum Gasteiger partial charge on any atom is -0.367 e. The van der Waals surface area contributed by atoms with E-state index in [4.69, 9.17) is 38.0 Å². The van der Waals surface area contributed by atoms with Crippen molar-refractivity contribution in [2.24, 2.45) is 5.73 Å². The van der Waals surface area contributed by atoms with Crippen molar-refractivity contribution in [2.75, 3.05) is 18.5 Å². The fraction of sp³-hybridized carbons (Fsp3) is 0.385. The van der Waals surface area contributed by atoms with E-state index in [1.165, 1.54) is 18.2 Å². The third-order valence-electron chi connectivity index (χ3n) is 2.65. The van der Waals surface area contributed by atoms with Gasteiger partial charge in [-0.2, -0.15) is 0 Å². The van der Waals surface area contributed by atoms with Crippen LogP contribution < -0.4 is 16.4 Å². The number of nitrogens with two attached hydrogens (primary N) is 1. The number of anilines is 1. The number of rotatable bonds is 8. The number of primary amides is 1. The third kappa shape index (κ3) is 5.65. The van der Waals surface area contributed by atoms with E-state index < -0.39 is 25.3 Å². The summed E-state index contributed by atoms with van der Waals surface area (Å²) >= 11 is 11.6. The van der Waals surface area contributed by atoms with Crippen LogP contribution in [0.2, 0.25) is 10.0 Å². The second-order valence-corrected chi connectivity index (χ2v) is 7.33. The van der Waals surface area contributed by atoms with Crippen LogP contribution in [0, 0.1) is 0 Å². The lowest BCUT2D eigenvalue weighted by molar-refractivity contribution is -0.118. The minimum absolute atomic E-state index is 0.0111. The molecule has 24 heavy (non-hydrogen) atoms. The van der Waals surface area contributed by atoms with Gasteiger partial charge in [-0.05, 0) is 32.0 Å². The maximum Gasteiger partial charge on any atom is 0.362 e. The van der Waals surface area contributed by atoms with Gasteiger partial charge in [-0.15, -0.1) is 0 Å². The first-order valence-electron chi connectivity index (χ1n) is 6.94. The Labute approximate surface area is 149 Å². The summed E-state index contributed by atoms with van der Waals surface area (Å²) in [6, 6.07) is 3.55. The first-order chi connectivity index (χ1) is 11.2. The summed E-state index contributed by atoms with van der Waals surface area (Å²) in [4.78, 5) is 23.6. The lowest BCUT2D eigenvalue weighted by Crippen LogP contribution is -2.46. The highest BCUT2D eigenvalue weighted by Crippen LogP contribution is 2.51. The summed E-state index contributed by atoms with van der Waals surface area (Å²) in [7, 11) is -3.96. The second kappa shape index (κ2) is 9.25. The number of nitrogens with one attached hydrogen (secondary N) is 2. The number of hydrogen-bond acceptors (Lipinski definition) is 5. The van der Waals surface area contributed by atoms with Gasteiger partial charge in [0, 0.05) is 5.69 Å². The van der Waals surface area contributed by atoms with Crippen LogP contribution in [0.5, 0.6) is 0 Å². The lowest BCUT2D eigenvalue weighted by Gasteiger charge is -2.24. The molecule has 0 aliphatic carbocycles. The average Bonchev–Trinajstić information content (AvgIpc) is 2.48. The van der Waals surface area contributed by atoms with Gasteiger partial charge in [-0.25, -0.2) is 4.79 Å². The van der Waals surface area contributed by atoms with Gasteiger partial charge in [0.1, 0.15) is 0 Å². The van der Waals surface area contributed by atoms with E-state index in [1.54, 1.807) is 13.8 Å². The van der Waals surface area contributed by atoms with Crippen LogP contribution in [0.15, 0.2) is 18.2 Å². The van der Waals surface area contributed by atoms with Crippen LogP contribution in [0.3, 0.4) is 0 Å². The maximum absolute atomic E-state index is 12.6. The molecule has 1 aromatic carbocycles. The predicted octanol–water partition coefficient (Wildman–Crippen LogP) is 3.19. The van der Waals surface area contributed by atoms with Gasteiger partial charge in [0.2, 0.25) is 5.78 Å². The molecule has 0 aromatic heterocycles. The quantitative estimate of drug-likeness (QED) is 0.581. The van der Waals surface area contributed by atoms with Crippen LogP contribution in [-0.4, -0.2) is 30.9 Å². The summed E-state index contributed by atoms with van der Waals surface area (Å²) < 4.78 is 22.7. The fourth-order valence-corrected chi connectivity index (χ4v) is 3.70. The predicted molar refractivity (Wildman–Crippen MR) is 92.5 cm³/mol. The number of urea groups is 1. The van der Waals surface area contributed by atoms with E-state index in [1.807, 2.05) is 0 Å². The Morgan fingerprint density at radius 3 is 2.25 bits per heavy atom. The minimum atomic E-state index is -3.96. The van der Waals surface area contributed by atoms with Crippen molar-refractivity contribution in [3.63, 3.8) is 0 Å². The summed E-state index contributed by atoms with van der Waals surface area (Å²) in [5.41, 5.74) is 5.53. The molecule has 0 bridgehead atoms. The van der Waals surface area contributed by atoms with Crippen molar-refractivity contribution in [1.29, 1.82) is 0 Å². The number of hydrogen-bond donors (Lipinski definition) is 3. The smallest absolute Gasteiger partial charge is 0.362 e. The molecule has 0 aliphatic heterocycles. The molecule has 0 radical (unpaired) electrons. The van der Waals surface area contributed by atoms with Crippen molar-refractivity contribution < 1.29 is 23.2 Å². The first-order valence-corrected chi connectivity index (χ1v) is 9.31. The number of halogens is 2. The Hall–Kier alpha value is -1.31. The van der Waals surface area contributed by atoms with E-state index in [0.29, 0.717) is 10.7 Å². The zero-order valence-corrected chi connectivity index (χ0v) is 15.5. The first kappa shape index (κ1) is 20.7. The molecular weight excluding hydrogens is 380 g/mol. The van der Waals surface area contributed by atoms with Crippen molar-refractivity contribution >= 4 is 48.4 Å². The van der Waals surface area contributed by atoms with Crippen LogP contribution >= 0.6 is 30.8 Å². The van der Waals surface area contributed by atoms with Gasteiger partial charge in [0.05, 0.1) is 23.3 Å². The number of benzene rings is 1. The Balaban J connectivity index is 2.90. The molecule has 3 amide bonds. The average molecular weight is 398 g/mol. The van der Waals surface area contributed by atoms with E-state index in [-0.39, 0.29) is 18.2 Å². The van der Waals surface area contributed by atoms with Gasteiger partial charge < -0.3 is 25.4 Å². The molecular formula is C13H18Cl2N3O5P. The van der Waals surface area contributed by atoms with Crippen LogP contribution in [0.25, 0.3) is 0 Å². The molecule has 134 valence electrons. The Kier molecular flexibility index (Phi) is 7.99. The lowest BCUT2D eigenvalue weighted by atomic mass is 10.3. The molecule has 0 saturated carbocycles. The van der Waals surface area contributed by atoms with Crippen molar-refractivity contribution in [1.82, 2.24) is 5.32 Å². The van der Waals surface area contributed by atoms with E-state index >= 15 is 0 Å². The SMILES string of the molecule is CCOP(=O)(OCC)[C@H](NC(=O)Nc1ccc(Cl)c(Cl)c1)C(N)=O. The number of carbonyl (C=O) groups is 2. The fourth-order valence-electron chi connectivity index (χ4n) is 1.72. The summed E-state index contributed by atoms with van der Waals surface area (Å²) in [5, 5.41) is 5.16. The summed E-state index contributed by atoms with van der Waals surface area (Å²) in [6.45, 7) is 3.16. The molecule has 0 spiro atoms. The highest BCUT2D eigenvalue weighted by molar-refractivity contribution is 7.55. The van der Waals surface area contributed by atoms with Crippen LogP contribution in [0.4, 0.5) is 10.5 Å². The van der Waals surface area contributed by atoms with Gasteiger partial charge >= 0.3 is 13.6 Å². The highest BCUT2D eigenvalue weighted by atomic mass is 35.5. The molecule has 0 aliphatic rings. The molecule has 1 aromatic rings. The molecule has 0 saturated heterocycles. The van der Waals surface area contributed by atoms with Crippen molar-refractivity contribution in [3.05, 3.63) is 28.2 Å². The monoisotopic (exact) mass is 397 g/mol. The van der Waals surface area contributed by atoms with Crippen molar-refractivity contribution in [3.8, 4) is 0 Å². The zero-order valence-electron chi connectivity index (χ0n) is 13.0. The summed E-state index contributed by atoms with van der Waals surface area (Å²) in [6.07, 6.45) is 0. The van der Waals surface area contributed by atoms with E-state index in [2.05, 4.69) is 10.6 Å². The molecule has 11 heteroatoms. The van der Waals surface area contributed by atoms with Crippen LogP contribution in [-0.2, 0) is 18.4 Å². The van der Waals surface area contributed by atoms with Gasteiger partial charge in [0.15, 0.2) is 0 Å². The molecule has 0 unspecified atom stereocenters.